The molecule has 0 aliphatic rings. The number of ether oxygens (including phenoxy) is 1. The number of nitrogens with zero attached hydrogens (tertiary/aromatic N) is 1. The van der Waals surface area contributed by atoms with Gasteiger partial charge in [-0.3, -0.25) is 0 Å². The largest absolute Gasteiger partial charge is 0.497 e. The summed E-state index contributed by atoms with van der Waals surface area (Å²) in [5.41, 5.74) is 5.92. The van der Waals surface area contributed by atoms with Crippen LogP contribution in [0.4, 0.5) is 4.39 Å². The van der Waals surface area contributed by atoms with Gasteiger partial charge in [-0.05, 0) is 18.2 Å². The van der Waals surface area contributed by atoms with Gasteiger partial charge in [0.25, 0.3) is 0 Å². The molecule has 3 nitrogen and oxygen atoms in total. The zero-order chi connectivity index (χ0) is 10.6. The van der Waals surface area contributed by atoms with Crippen LogP contribution in [0, 0.1) is 17.1 Å². The molecule has 1 aromatic carbocycles. The van der Waals surface area contributed by atoms with Crippen molar-refractivity contribution in [2.45, 2.75) is 12.5 Å². The fraction of sp³-hybridized carbons (Fsp3) is 0.300. The van der Waals surface area contributed by atoms with Crippen molar-refractivity contribution in [3.63, 3.8) is 0 Å². The van der Waals surface area contributed by atoms with E-state index in [0.29, 0.717) is 11.3 Å². The van der Waals surface area contributed by atoms with Crippen LogP contribution < -0.4 is 10.5 Å². The van der Waals surface area contributed by atoms with Crippen LogP contribution in [0.25, 0.3) is 0 Å². The average molecular weight is 194 g/mol. The third kappa shape index (κ3) is 2.21. The molecule has 4 heteroatoms. The minimum absolute atomic E-state index is 0.0874. The minimum atomic E-state index is -0.602. The van der Waals surface area contributed by atoms with Gasteiger partial charge in [0, 0.05) is 11.6 Å². The van der Waals surface area contributed by atoms with Gasteiger partial charge in [-0.25, -0.2) is 4.39 Å². The van der Waals surface area contributed by atoms with Crippen LogP contribution in [0.15, 0.2) is 18.2 Å². The fourth-order valence-electron chi connectivity index (χ4n) is 1.14. The van der Waals surface area contributed by atoms with Crippen molar-refractivity contribution in [2.75, 3.05) is 7.11 Å². The van der Waals surface area contributed by atoms with Crippen LogP contribution in [0.1, 0.15) is 18.0 Å². The number of hydrogen-bond acceptors (Lipinski definition) is 3. The molecule has 0 aliphatic heterocycles. The van der Waals surface area contributed by atoms with Crippen molar-refractivity contribution in [1.82, 2.24) is 0 Å². The van der Waals surface area contributed by atoms with Gasteiger partial charge in [0.2, 0.25) is 0 Å². The summed E-state index contributed by atoms with van der Waals surface area (Å²) in [6.07, 6.45) is 0.0874. The van der Waals surface area contributed by atoms with E-state index in [1.807, 2.05) is 6.07 Å². The molecule has 0 unspecified atom stereocenters. The Labute approximate surface area is 81.9 Å². The Morgan fingerprint density at radius 2 is 2.36 bits per heavy atom. The molecule has 1 atom stereocenters. The molecule has 2 N–H and O–H groups in total. The number of hydrogen-bond donors (Lipinski definition) is 1. The third-order valence-corrected chi connectivity index (χ3v) is 1.91. The summed E-state index contributed by atoms with van der Waals surface area (Å²) in [6, 6.07) is 5.60. The first-order valence-electron chi connectivity index (χ1n) is 4.15. The quantitative estimate of drug-likeness (QED) is 0.797. The van der Waals surface area contributed by atoms with E-state index in [0.717, 1.165) is 0 Å². The second kappa shape index (κ2) is 4.58. The minimum Gasteiger partial charge on any atom is -0.497 e. The van der Waals surface area contributed by atoms with Crippen LogP contribution in [-0.4, -0.2) is 7.11 Å². The highest BCUT2D eigenvalue weighted by atomic mass is 19.1. The molecule has 0 radical (unpaired) electrons. The predicted octanol–water partition coefficient (Wildman–Crippen LogP) is 1.75. The van der Waals surface area contributed by atoms with E-state index in [1.54, 1.807) is 0 Å². The van der Waals surface area contributed by atoms with Crippen molar-refractivity contribution in [3.05, 3.63) is 29.6 Å². The average Bonchev–Trinajstić information content (AvgIpc) is 2.19. The van der Waals surface area contributed by atoms with Crippen LogP contribution in [-0.2, 0) is 0 Å². The molecule has 1 aromatic rings. The highest BCUT2D eigenvalue weighted by molar-refractivity contribution is 5.32. The Kier molecular flexibility index (Phi) is 3.43. The van der Waals surface area contributed by atoms with Crippen molar-refractivity contribution in [1.29, 1.82) is 5.26 Å². The molecule has 14 heavy (non-hydrogen) atoms. The fourth-order valence-corrected chi connectivity index (χ4v) is 1.14. The molecule has 0 fully saturated rings. The molecular weight excluding hydrogens is 183 g/mol. The highest BCUT2D eigenvalue weighted by Crippen LogP contribution is 2.22. The standard InChI is InChI=1S/C10H11FN2O/c1-14-7-2-3-9(11)8(6-7)10(13)4-5-12/h2-3,6,10H,4,13H2,1H3/t10-/m1/s1. The number of methoxy groups -OCH3 is 1. The maximum atomic E-state index is 13.2. The normalized spacial score (nSPS) is 11.9. The first kappa shape index (κ1) is 10.5. The number of nitrogens with two attached hydrogens (primary N) is 1. The maximum absolute atomic E-state index is 13.2. The van der Waals surface area contributed by atoms with E-state index in [9.17, 15) is 4.39 Å². The zero-order valence-corrected chi connectivity index (χ0v) is 7.83. The Bertz CT molecular complexity index is 360. The molecule has 0 bridgehead atoms. The van der Waals surface area contributed by atoms with E-state index in [4.69, 9.17) is 15.7 Å². The maximum Gasteiger partial charge on any atom is 0.128 e. The van der Waals surface area contributed by atoms with Gasteiger partial charge in [0.05, 0.1) is 19.6 Å². The third-order valence-electron chi connectivity index (χ3n) is 1.91. The van der Waals surface area contributed by atoms with E-state index < -0.39 is 11.9 Å². The molecule has 74 valence electrons. The zero-order valence-electron chi connectivity index (χ0n) is 7.83. The Balaban J connectivity index is 3.00. The molecule has 0 saturated heterocycles. The molecule has 0 aliphatic carbocycles. The van der Waals surface area contributed by atoms with Gasteiger partial charge in [0.15, 0.2) is 0 Å². The summed E-state index contributed by atoms with van der Waals surface area (Å²) in [5.74, 6) is 0.128. The van der Waals surface area contributed by atoms with Crippen LogP contribution in [0.3, 0.4) is 0 Å². The van der Waals surface area contributed by atoms with Crippen LogP contribution in [0.5, 0.6) is 5.75 Å². The van der Waals surface area contributed by atoms with Gasteiger partial charge in [-0.15, -0.1) is 0 Å². The van der Waals surface area contributed by atoms with E-state index >= 15 is 0 Å². The summed E-state index contributed by atoms with van der Waals surface area (Å²) in [6.45, 7) is 0. The van der Waals surface area contributed by atoms with Gasteiger partial charge >= 0.3 is 0 Å². The topological polar surface area (TPSA) is 59.0 Å². The Hall–Kier alpha value is -1.60. The monoisotopic (exact) mass is 194 g/mol. The summed E-state index contributed by atoms with van der Waals surface area (Å²) in [5, 5.41) is 8.43. The second-order valence-electron chi connectivity index (χ2n) is 2.86. The molecule has 0 amide bonds. The van der Waals surface area contributed by atoms with Crippen LogP contribution in [0.2, 0.25) is 0 Å². The van der Waals surface area contributed by atoms with E-state index in [1.165, 1.54) is 25.3 Å². The van der Waals surface area contributed by atoms with Crippen molar-refractivity contribution < 1.29 is 9.13 Å². The lowest BCUT2D eigenvalue weighted by atomic mass is 10.0. The lowest BCUT2D eigenvalue weighted by Crippen LogP contribution is -2.11. The van der Waals surface area contributed by atoms with Gasteiger partial charge in [-0.2, -0.15) is 5.26 Å². The number of benzene rings is 1. The predicted molar refractivity (Wildman–Crippen MR) is 50.1 cm³/mol. The van der Waals surface area contributed by atoms with Crippen molar-refractivity contribution >= 4 is 0 Å². The molecule has 0 aromatic heterocycles. The first-order chi connectivity index (χ1) is 6.69. The number of halogens is 1. The molecule has 0 spiro atoms. The Morgan fingerprint density at radius 1 is 1.64 bits per heavy atom. The highest BCUT2D eigenvalue weighted by Gasteiger charge is 2.11. The molecular formula is C10H11FN2O. The van der Waals surface area contributed by atoms with E-state index in [2.05, 4.69) is 0 Å². The van der Waals surface area contributed by atoms with E-state index in [-0.39, 0.29) is 6.42 Å². The lowest BCUT2D eigenvalue weighted by molar-refractivity contribution is 0.412. The lowest BCUT2D eigenvalue weighted by Gasteiger charge is -2.10. The second-order valence-corrected chi connectivity index (χ2v) is 2.86. The van der Waals surface area contributed by atoms with Gasteiger partial charge < -0.3 is 10.5 Å². The summed E-state index contributed by atoms with van der Waals surface area (Å²) >= 11 is 0. The van der Waals surface area contributed by atoms with Crippen molar-refractivity contribution in [2.24, 2.45) is 5.73 Å². The summed E-state index contributed by atoms with van der Waals surface area (Å²) in [7, 11) is 1.49. The molecule has 1 rings (SSSR count). The Morgan fingerprint density at radius 3 is 2.93 bits per heavy atom. The van der Waals surface area contributed by atoms with Crippen molar-refractivity contribution in [3.8, 4) is 11.8 Å². The van der Waals surface area contributed by atoms with Gasteiger partial charge in [-0.1, -0.05) is 0 Å². The van der Waals surface area contributed by atoms with Crippen LogP contribution >= 0.6 is 0 Å². The number of rotatable bonds is 3. The SMILES string of the molecule is COc1ccc(F)c([C@H](N)CC#N)c1. The summed E-state index contributed by atoms with van der Waals surface area (Å²) in [4.78, 5) is 0. The number of nitriles is 1. The first-order valence-corrected chi connectivity index (χ1v) is 4.15. The molecule has 0 saturated carbocycles. The van der Waals surface area contributed by atoms with Gasteiger partial charge in [0.1, 0.15) is 11.6 Å². The summed E-state index contributed by atoms with van der Waals surface area (Å²) < 4.78 is 18.2. The molecule has 0 heterocycles. The smallest absolute Gasteiger partial charge is 0.128 e.